The van der Waals surface area contributed by atoms with Crippen LogP contribution in [0.5, 0.6) is 0 Å². The highest BCUT2D eigenvalue weighted by Crippen LogP contribution is 2.14. The minimum absolute atomic E-state index is 0.142. The van der Waals surface area contributed by atoms with E-state index in [2.05, 4.69) is 111 Å². The van der Waals surface area contributed by atoms with Crippen molar-refractivity contribution >= 4 is 17.9 Å². The van der Waals surface area contributed by atoms with E-state index in [9.17, 15) is 19.5 Å². The van der Waals surface area contributed by atoms with Crippen molar-refractivity contribution in [3.8, 4) is 0 Å². The van der Waals surface area contributed by atoms with Crippen LogP contribution in [-0.2, 0) is 33.3 Å². The first kappa shape index (κ1) is 62.2. The van der Waals surface area contributed by atoms with Crippen LogP contribution in [-0.4, -0.2) is 82.3 Å². The van der Waals surface area contributed by atoms with Gasteiger partial charge in [0.15, 0.2) is 12.4 Å². The van der Waals surface area contributed by atoms with E-state index in [0.717, 1.165) is 96.3 Å². The Balaban J connectivity index is 4.18. The van der Waals surface area contributed by atoms with Crippen molar-refractivity contribution in [1.82, 2.24) is 0 Å². The molecule has 0 saturated carbocycles. The maximum atomic E-state index is 12.8. The molecule has 66 heavy (non-hydrogen) atoms. The Morgan fingerprint density at radius 1 is 0.470 bits per heavy atom. The number of esters is 2. The molecule has 0 rings (SSSR count). The molecule has 0 bridgehead atoms. The van der Waals surface area contributed by atoms with Gasteiger partial charge in [0.25, 0.3) is 0 Å². The number of aliphatic carboxylic acids is 1. The highest BCUT2D eigenvalue weighted by Gasteiger charge is 2.21. The Hall–Kier alpha value is -3.79. The van der Waals surface area contributed by atoms with Gasteiger partial charge in [0.1, 0.15) is 13.2 Å². The van der Waals surface area contributed by atoms with Crippen LogP contribution in [0.2, 0.25) is 0 Å². The first-order chi connectivity index (χ1) is 32.1. The number of hydrogen-bond donors (Lipinski definition) is 0. The van der Waals surface area contributed by atoms with Gasteiger partial charge in [-0.05, 0) is 77.0 Å². The smallest absolute Gasteiger partial charge is 0.306 e. The first-order valence-electron chi connectivity index (χ1n) is 25.9. The molecule has 9 heteroatoms. The summed E-state index contributed by atoms with van der Waals surface area (Å²) in [5.41, 5.74) is 0. The Labute approximate surface area is 403 Å². The zero-order chi connectivity index (χ0) is 48.4. The lowest BCUT2D eigenvalue weighted by Crippen LogP contribution is -2.44. The molecule has 0 radical (unpaired) electrons. The third-order valence-corrected chi connectivity index (χ3v) is 10.6. The average molecular weight is 922 g/mol. The van der Waals surface area contributed by atoms with Gasteiger partial charge < -0.3 is 33.3 Å². The summed E-state index contributed by atoms with van der Waals surface area (Å²) in [5, 5.41) is 11.7. The van der Waals surface area contributed by atoms with Gasteiger partial charge in [-0.25, -0.2) is 0 Å². The molecule has 0 aliphatic rings. The molecule has 376 valence electrons. The molecule has 0 aromatic rings. The second-order valence-corrected chi connectivity index (χ2v) is 18.1. The van der Waals surface area contributed by atoms with Crippen molar-refractivity contribution in [2.24, 2.45) is 0 Å². The summed E-state index contributed by atoms with van der Waals surface area (Å²) in [6.45, 7) is 4.56. The SMILES string of the molecule is CC/C=C\C/C=C\C/C=C\C/C=C\C/C=C\C/C=C\C/C=C\C/C=C\CCCCCCCCCCC(=O)OC(COC(=O)CCCCCCCCCC)COC(OCC[N+](C)(C)C)C(=O)[O-]. The zero-order valence-electron chi connectivity index (χ0n) is 42.5. The van der Waals surface area contributed by atoms with Crippen molar-refractivity contribution in [2.45, 2.75) is 200 Å². The molecule has 2 unspecified atom stereocenters. The summed E-state index contributed by atoms with van der Waals surface area (Å²) in [7, 11) is 5.90. The Morgan fingerprint density at radius 2 is 0.864 bits per heavy atom. The highest BCUT2D eigenvalue weighted by molar-refractivity contribution is 5.70. The van der Waals surface area contributed by atoms with Gasteiger partial charge in [0, 0.05) is 12.8 Å². The summed E-state index contributed by atoms with van der Waals surface area (Å²) in [4.78, 5) is 36.9. The molecular weight excluding hydrogens is 827 g/mol. The van der Waals surface area contributed by atoms with E-state index in [1.54, 1.807) is 0 Å². The lowest BCUT2D eigenvalue weighted by Gasteiger charge is -2.26. The summed E-state index contributed by atoms with van der Waals surface area (Å²) in [5.74, 6) is -2.31. The number of allylic oxidation sites excluding steroid dienone is 16. The van der Waals surface area contributed by atoms with Gasteiger partial charge in [0.05, 0.1) is 40.3 Å². The number of nitrogens with zero attached hydrogens (tertiary/aromatic N) is 1. The Bertz CT molecular complexity index is 1400. The quantitative estimate of drug-likeness (QED) is 0.0195. The predicted octanol–water partition coefficient (Wildman–Crippen LogP) is 13.3. The maximum absolute atomic E-state index is 12.8. The number of quaternary nitrogens is 1. The minimum atomic E-state index is -1.62. The molecule has 0 fully saturated rings. The summed E-state index contributed by atoms with van der Waals surface area (Å²) in [6, 6.07) is 0. The zero-order valence-corrected chi connectivity index (χ0v) is 42.5. The molecule has 0 aromatic carbocycles. The minimum Gasteiger partial charge on any atom is -0.545 e. The molecule has 0 N–H and O–H groups in total. The molecule has 0 spiro atoms. The van der Waals surface area contributed by atoms with Gasteiger partial charge in [0.2, 0.25) is 0 Å². The van der Waals surface area contributed by atoms with E-state index in [1.807, 2.05) is 21.1 Å². The number of unbranched alkanes of at least 4 members (excludes halogenated alkanes) is 15. The van der Waals surface area contributed by atoms with Gasteiger partial charge in [-0.1, -0.05) is 195 Å². The van der Waals surface area contributed by atoms with E-state index in [-0.39, 0.29) is 38.6 Å². The number of likely N-dealkylation sites (N-methyl/N-ethyl adjacent to an activating group) is 1. The monoisotopic (exact) mass is 922 g/mol. The number of carboxylic acid groups (broad SMARTS) is 1. The van der Waals surface area contributed by atoms with Gasteiger partial charge in [-0.15, -0.1) is 0 Å². The lowest BCUT2D eigenvalue weighted by molar-refractivity contribution is -0.870. The number of carboxylic acids is 1. The second-order valence-electron chi connectivity index (χ2n) is 18.1. The van der Waals surface area contributed by atoms with E-state index in [1.165, 1.54) is 57.8 Å². The fourth-order valence-electron chi connectivity index (χ4n) is 6.61. The second kappa shape index (κ2) is 47.7. The topological polar surface area (TPSA) is 111 Å². The van der Waals surface area contributed by atoms with Crippen LogP contribution in [0.15, 0.2) is 97.2 Å². The fraction of sp³-hybridized carbons (Fsp3) is 0.667. The third-order valence-electron chi connectivity index (χ3n) is 10.6. The van der Waals surface area contributed by atoms with Crippen molar-refractivity contribution < 1.29 is 42.9 Å². The molecule has 0 aliphatic heterocycles. The maximum Gasteiger partial charge on any atom is 0.306 e. The van der Waals surface area contributed by atoms with Crippen LogP contribution in [0, 0.1) is 0 Å². The fourth-order valence-corrected chi connectivity index (χ4v) is 6.61. The van der Waals surface area contributed by atoms with E-state index in [0.29, 0.717) is 17.4 Å². The number of carbonyl (C=O) groups is 3. The molecule has 0 saturated heterocycles. The van der Waals surface area contributed by atoms with Crippen LogP contribution in [0.25, 0.3) is 0 Å². The lowest BCUT2D eigenvalue weighted by atomic mass is 10.1. The van der Waals surface area contributed by atoms with Crippen molar-refractivity contribution in [2.75, 3.05) is 47.5 Å². The average Bonchev–Trinajstić information content (AvgIpc) is 3.28. The number of ether oxygens (including phenoxy) is 4. The van der Waals surface area contributed by atoms with Crippen LogP contribution in [0.3, 0.4) is 0 Å². The molecule has 0 amide bonds. The first-order valence-corrected chi connectivity index (χ1v) is 25.9. The molecule has 9 nitrogen and oxygen atoms in total. The van der Waals surface area contributed by atoms with Crippen LogP contribution in [0.1, 0.15) is 187 Å². The number of rotatable bonds is 46. The molecule has 0 aromatic heterocycles. The summed E-state index contributed by atoms with van der Waals surface area (Å²) < 4.78 is 22.5. The third kappa shape index (κ3) is 48.2. The molecule has 0 heterocycles. The number of hydrogen-bond acceptors (Lipinski definition) is 8. The largest absolute Gasteiger partial charge is 0.545 e. The van der Waals surface area contributed by atoms with Gasteiger partial charge in [-0.2, -0.15) is 0 Å². The molecule has 0 aliphatic carbocycles. The van der Waals surface area contributed by atoms with E-state index >= 15 is 0 Å². The molecular formula is C57H95NO8. The van der Waals surface area contributed by atoms with Crippen LogP contribution >= 0.6 is 0 Å². The normalized spacial score (nSPS) is 13.7. The van der Waals surface area contributed by atoms with E-state index < -0.39 is 24.3 Å². The number of carbonyl (C=O) groups excluding carboxylic acids is 3. The van der Waals surface area contributed by atoms with Crippen LogP contribution in [0.4, 0.5) is 0 Å². The standard InChI is InChI=1S/C57H95NO8/c1-6-8-10-12-14-16-17-18-19-20-21-22-23-24-25-26-27-28-29-30-31-32-33-34-35-36-37-38-39-40-42-44-46-48-55(60)66-53(52-65-57(56(61)62)63-50-49-58(3,4)5)51-64-54(59)47-45-43-41-15-13-11-9-7-2/h8,10,14,16,18-19,21-22,24-25,27-28,30-31,33-34,53,57H,6-7,9,11-13,15,17,20,23,26,29,32,35-52H2,1-5H3/b10-8-,16-14-,19-18-,22-21-,25-24-,28-27-,31-30-,34-33-. The van der Waals surface area contributed by atoms with Crippen molar-refractivity contribution in [3.63, 3.8) is 0 Å². The summed E-state index contributed by atoms with van der Waals surface area (Å²) in [6.07, 6.45) is 60.4. The van der Waals surface area contributed by atoms with E-state index in [4.69, 9.17) is 18.9 Å². The summed E-state index contributed by atoms with van der Waals surface area (Å²) >= 11 is 0. The Morgan fingerprint density at radius 3 is 1.29 bits per heavy atom. The highest BCUT2D eigenvalue weighted by atomic mass is 16.7. The van der Waals surface area contributed by atoms with Crippen molar-refractivity contribution in [1.29, 1.82) is 0 Å². The Kier molecular flexibility index (Phi) is 45.0. The predicted molar refractivity (Wildman–Crippen MR) is 274 cm³/mol. The van der Waals surface area contributed by atoms with Crippen molar-refractivity contribution in [3.05, 3.63) is 97.2 Å². The molecule has 2 atom stereocenters. The van der Waals surface area contributed by atoms with Crippen LogP contribution < -0.4 is 5.11 Å². The van der Waals surface area contributed by atoms with Gasteiger partial charge >= 0.3 is 11.9 Å². The van der Waals surface area contributed by atoms with Gasteiger partial charge in [-0.3, -0.25) is 9.59 Å².